The summed E-state index contributed by atoms with van der Waals surface area (Å²) in [6.07, 6.45) is 3.82. The second-order valence-corrected chi connectivity index (χ2v) is 5.12. The number of nitrogens with one attached hydrogen (secondary N) is 1. The fraction of sp³-hybridized carbons (Fsp3) is 0.333. The van der Waals surface area contributed by atoms with E-state index in [9.17, 15) is 4.79 Å². The fourth-order valence-corrected chi connectivity index (χ4v) is 1.91. The van der Waals surface area contributed by atoms with E-state index in [1.165, 1.54) is 0 Å². The number of nitrogens with zero attached hydrogens (tertiary/aromatic N) is 2. The van der Waals surface area contributed by atoms with Gasteiger partial charge in [-0.2, -0.15) is 0 Å². The first-order valence-electron chi connectivity index (χ1n) is 5.71. The summed E-state index contributed by atoms with van der Waals surface area (Å²) in [6.45, 7) is 2.57. The Hall–Kier alpha value is -1.40. The lowest BCUT2D eigenvalue weighted by Crippen LogP contribution is -2.32. The van der Waals surface area contributed by atoms with Gasteiger partial charge in [-0.1, -0.05) is 6.92 Å². The van der Waals surface area contributed by atoms with E-state index in [0.29, 0.717) is 13.1 Å². The highest BCUT2D eigenvalue weighted by atomic mass is 79.9. The summed E-state index contributed by atoms with van der Waals surface area (Å²) in [7, 11) is 0. The minimum absolute atomic E-state index is 0.0456. The summed E-state index contributed by atoms with van der Waals surface area (Å²) in [5.41, 5.74) is 7.11. The third-order valence-electron chi connectivity index (χ3n) is 2.71. The van der Waals surface area contributed by atoms with Crippen molar-refractivity contribution in [2.75, 3.05) is 6.54 Å². The van der Waals surface area contributed by atoms with Gasteiger partial charge in [-0.05, 0) is 28.1 Å². The average Bonchev–Trinajstić information content (AvgIpc) is 2.76. The molecule has 0 aliphatic rings. The van der Waals surface area contributed by atoms with Crippen LogP contribution in [-0.4, -0.2) is 21.8 Å². The van der Waals surface area contributed by atoms with Crippen molar-refractivity contribution in [3.8, 4) is 0 Å². The Kier molecular flexibility index (Phi) is 3.98. The van der Waals surface area contributed by atoms with Gasteiger partial charge in [-0.3, -0.25) is 4.79 Å². The van der Waals surface area contributed by atoms with Gasteiger partial charge in [0.25, 0.3) is 0 Å². The van der Waals surface area contributed by atoms with Crippen molar-refractivity contribution < 1.29 is 4.79 Å². The van der Waals surface area contributed by atoms with Gasteiger partial charge in [0.1, 0.15) is 5.65 Å². The predicted octanol–water partition coefficient (Wildman–Crippen LogP) is 1.31. The summed E-state index contributed by atoms with van der Waals surface area (Å²) in [5.74, 6) is -0.216. The molecule has 3 N–H and O–H groups in total. The summed E-state index contributed by atoms with van der Waals surface area (Å²) in [4.78, 5) is 16.0. The molecule has 0 fully saturated rings. The van der Waals surface area contributed by atoms with E-state index in [2.05, 4.69) is 26.2 Å². The largest absolute Gasteiger partial charge is 0.350 e. The number of halogens is 1. The lowest BCUT2D eigenvalue weighted by atomic mass is 10.2. The maximum atomic E-state index is 11.6. The van der Waals surface area contributed by atoms with Crippen LogP contribution in [0.4, 0.5) is 0 Å². The van der Waals surface area contributed by atoms with Crippen LogP contribution in [0.25, 0.3) is 5.65 Å². The molecule has 0 radical (unpaired) electrons. The maximum absolute atomic E-state index is 11.6. The van der Waals surface area contributed by atoms with Crippen LogP contribution in [0.15, 0.2) is 29.0 Å². The molecular weight excluding hydrogens is 296 g/mol. The number of carbonyl (C=O) groups excluding carboxylic acids is 1. The van der Waals surface area contributed by atoms with Crippen molar-refractivity contribution >= 4 is 27.5 Å². The van der Waals surface area contributed by atoms with Gasteiger partial charge in [0.05, 0.1) is 12.2 Å². The van der Waals surface area contributed by atoms with Gasteiger partial charge >= 0.3 is 0 Å². The van der Waals surface area contributed by atoms with E-state index in [1.54, 1.807) is 6.92 Å². The second-order valence-electron chi connectivity index (χ2n) is 4.20. The van der Waals surface area contributed by atoms with Crippen molar-refractivity contribution in [1.29, 1.82) is 0 Å². The first kappa shape index (κ1) is 13.0. The van der Waals surface area contributed by atoms with E-state index in [1.807, 2.05) is 28.9 Å². The third kappa shape index (κ3) is 2.88. The molecule has 0 aliphatic carbocycles. The van der Waals surface area contributed by atoms with E-state index in [4.69, 9.17) is 5.73 Å². The maximum Gasteiger partial charge on any atom is 0.224 e. The fourth-order valence-electron chi connectivity index (χ4n) is 1.56. The Labute approximate surface area is 114 Å². The van der Waals surface area contributed by atoms with Gasteiger partial charge in [0, 0.05) is 29.3 Å². The summed E-state index contributed by atoms with van der Waals surface area (Å²) < 4.78 is 2.90. The molecule has 0 bridgehead atoms. The first-order valence-corrected chi connectivity index (χ1v) is 6.50. The van der Waals surface area contributed by atoms with Crippen molar-refractivity contribution in [3.05, 3.63) is 34.7 Å². The van der Waals surface area contributed by atoms with E-state index in [0.717, 1.165) is 15.8 Å². The third-order valence-corrected chi connectivity index (χ3v) is 3.18. The molecule has 0 spiro atoms. The molecule has 0 aromatic carbocycles. The molecule has 1 amide bonds. The molecule has 0 aliphatic heterocycles. The molecule has 1 atom stereocenters. The zero-order chi connectivity index (χ0) is 13.1. The normalized spacial score (nSPS) is 12.6. The summed E-state index contributed by atoms with van der Waals surface area (Å²) in [6, 6.07) is 3.85. The quantitative estimate of drug-likeness (QED) is 0.894. The highest BCUT2D eigenvalue weighted by molar-refractivity contribution is 9.10. The molecule has 0 saturated heterocycles. The van der Waals surface area contributed by atoms with Crippen LogP contribution in [0.5, 0.6) is 0 Å². The van der Waals surface area contributed by atoms with Crippen LogP contribution in [0.1, 0.15) is 12.6 Å². The van der Waals surface area contributed by atoms with Gasteiger partial charge < -0.3 is 15.5 Å². The van der Waals surface area contributed by atoms with Crippen molar-refractivity contribution in [3.63, 3.8) is 0 Å². The molecule has 18 heavy (non-hydrogen) atoms. The zero-order valence-corrected chi connectivity index (χ0v) is 11.6. The van der Waals surface area contributed by atoms with E-state index >= 15 is 0 Å². The van der Waals surface area contributed by atoms with Crippen LogP contribution in [-0.2, 0) is 11.3 Å². The minimum atomic E-state index is -0.170. The smallest absolute Gasteiger partial charge is 0.224 e. The lowest BCUT2D eigenvalue weighted by molar-refractivity contribution is -0.124. The Balaban J connectivity index is 2.06. The van der Waals surface area contributed by atoms with Crippen LogP contribution < -0.4 is 11.1 Å². The number of hydrogen-bond donors (Lipinski definition) is 2. The van der Waals surface area contributed by atoms with Crippen molar-refractivity contribution in [1.82, 2.24) is 14.7 Å². The van der Waals surface area contributed by atoms with Crippen LogP contribution in [0.2, 0.25) is 0 Å². The topological polar surface area (TPSA) is 72.4 Å². The number of fused-ring (bicyclic) bond motifs is 1. The van der Waals surface area contributed by atoms with Crippen LogP contribution >= 0.6 is 15.9 Å². The van der Waals surface area contributed by atoms with Gasteiger partial charge in [-0.25, -0.2) is 4.98 Å². The number of amides is 1. The Bertz CT molecular complexity index is 566. The molecule has 1 unspecified atom stereocenters. The van der Waals surface area contributed by atoms with Gasteiger partial charge in [-0.15, -0.1) is 0 Å². The monoisotopic (exact) mass is 310 g/mol. The highest BCUT2D eigenvalue weighted by Crippen LogP contribution is 2.12. The summed E-state index contributed by atoms with van der Waals surface area (Å²) in [5, 5.41) is 2.82. The number of imidazole rings is 1. The molecule has 6 heteroatoms. The number of rotatable bonds is 4. The van der Waals surface area contributed by atoms with Crippen molar-refractivity contribution in [2.45, 2.75) is 13.5 Å². The summed E-state index contributed by atoms with van der Waals surface area (Å²) >= 11 is 3.40. The van der Waals surface area contributed by atoms with E-state index in [-0.39, 0.29) is 11.8 Å². The number of hydrogen-bond acceptors (Lipinski definition) is 3. The molecular formula is C12H15BrN4O. The standard InChI is InChI=1S/C12H15BrN4O/c1-8(4-14)12(18)15-5-10-7-17-6-9(13)2-3-11(17)16-10/h2-3,6-8H,4-5,14H2,1H3,(H,15,18). The lowest BCUT2D eigenvalue weighted by Gasteiger charge is -2.07. The van der Waals surface area contributed by atoms with Gasteiger partial charge in [0.2, 0.25) is 5.91 Å². The Morgan fingerprint density at radius 2 is 2.33 bits per heavy atom. The van der Waals surface area contributed by atoms with Crippen LogP contribution in [0.3, 0.4) is 0 Å². The highest BCUT2D eigenvalue weighted by Gasteiger charge is 2.10. The molecule has 5 nitrogen and oxygen atoms in total. The average molecular weight is 311 g/mol. The number of nitrogens with two attached hydrogens (primary N) is 1. The van der Waals surface area contributed by atoms with Crippen LogP contribution in [0, 0.1) is 5.92 Å². The number of aromatic nitrogens is 2. The van der Waals surface area contributed by atoms with Crippen molar-refractivity contribution in [2.24, 2.45) is 11.7 Å². The van der Waals surface area contributed by atoms with E-state index < -0.39 is 0 Å². The molecule has 2 aromatic rings. The number of pyridine rings is 1. The minimum Gasteiger partial charge on any atom is -0.350 e. The molecule has 2 heterocycles. The molecule has 2 rings (SSSR count). The Morgan fingerprint density at radius 3 is 3.06 bits per heavy atom. The second kappa shape index (κ2) is 5.49. The number of carbonyl (C=O) groups is 1. The molecule has 96 valence electrons. The molecule has 0 saturated carbocycles. The SMILES string of the molecule is CC(CN)C(=O)NCc1cn2cc(Br)ccc2n1. The molecule has 2 aromatic heterocycles. The Morgan fingerprint density at radius 1 is 1.56 bits per heavy atom. The zero-order valence-electron chi connectivity index (χ0n) is 10.1. The first-order chi connectivity index (χ1) is 8.60. The van der Waals surface area contributed by atoms with Gasteiger partial charge in [0.15, 0.2) is 0 Å². The predicted molar refractivity (Wildman–Crippen MR) is 73.0 cm³/mol.